The summed E-state index contributed by atoms with van der Waals surface area (Å²) < 4.78 is 0. The SMILES string of the molecule is CC=Cc1cccc2c(N=C=O)cccc12. The van der Waals surface area contributed by atoms with Crippen molar-refractivity contribution in [2.24, 2.45) is 4.99 Å². The summed E-state index contributed by atoms with van der Waals surface area (Å²) in [6.45, 7) is 1.98. The van der Waals surface area contributed by atoms with Gasteiger partial charge in [0.2, 0.25) is 6.08 Å². The van der Waals surface area contributed by atoms with E-state index in [4.69, 9.17) is 0 Å². The Labute approximate surface area is 93.9 Å². The van der Waals surface area contributed by atoms with Crippen molar-refractivity contribution >= 4 is 28.6 Å². The number of fused-ring (bicyclic) bond motifs is 1. The maximum absolute atomic E-state index is 10.3. The Morgan fingerprint density at radius 2 is 1.88 bits per heavy atom. The second kappa shape index (κ2) is 4.56. The minimum Gasteiger partial charge on any atom is -0.211 e. The maximum atomic E-state index is 10.3. The lowest BCUT2D eigenvalue weighted by molar-refractivity contribution is 0.565. The van der Waals surface area contributed by atoms with Gasteiger partial charge in [-0.05, 0) is 23.9 Å². The van der Waals surface area contributed by atoms with E-state index in [0.717, 1.165) is 16.3 Å². The monoisotopic (exact) mass is 209 g/mol. The zero-order chi connectivity index (χ0) is 11.4. The first kappa shape index (κ1) is 10.3. The van der Waals surface area contributed by atoms with Crippen molar-refractivity contribution in [1.29, 1.82) is 0 Å². The standard InChI is InChI=1S/C14H11NO/c1-2-5-11-6-3-8-13-12(11)7-4-9-14(13)15-10-16/h2-9H,1H3. The van der Waals surface area contributed by atoms with Crippen LogP contribution in [0.4, 0.5) is 5.69 Å². The van der Waals surface area contributed by atoms with Crippen molar-refractivity contribution in [1.82, 2.24) is 0 Å². The zero-order valence-corrected chi connectivity index (χ0v) is 8.97. The normalized spacial score (nSPS) is 10.6. The Balaban J connectivity index is 2.80. The second-order valence-electron chi connectivity index (χ2n) is 3.42. The molecular formula is C14H11NO. The van der Waals surface area contributed by atoms with Crippen molar-refractivity contribution < 1.29 is 4.79 Å². The molecule has 0 aliphatic rings. The van der Waals surface area contributed by atoms with E-state index in [9.17, 15) is 4.79 Å². The molecule has 0 aliphatic heterocycles. The number of allylic oxidation sites excluding steroid dienone is 1. The second-order valence-corrected chi connectivity index (χ2v) is 3.42. The molecular weight excluding hydrogens is 198 g/mol. The van der Waals surface area contributed by atoms with Gasteiger partial charge in [-0.15, -0.1) is 0 Å². The van der Waals surface area contributed by atoms with Gasteiger partial charge in [0.25, 0.3) is 0 Å². The smallest absolute Gasteiger partial charge is 0.211 e. The van der Waals surface area contributed by atoms with Crippen LogP contribution in [0.2, 0.25) is 0 Å². The summed E-state index contributed by atoms with van der Waals surface area (Å²) in [4.78, 5) is 14.0. The third kappa shape index (κ3) is 1.79. The minimum atomic E-state index is 0.666. The molecule has 78 valence electrons. The van der Waals surface area contributed by atoms with E-state index >= 15 is 0 Å². The van der Waals surface area contributed by atoms with Crippen LogP contribution in [0.15, 0.2) is 47.5 Å². The summed E-state index contributed by atoms with van der Waals surface area (Å²) in [5, 5.41) is 2.07. The van der Waals surface area contributed by atoms with Crippen LogP contribution in [0.25, 0.3) is 16.8 Å². The lowest BCUT2D eigenvalue weighted by Gasteiger charge is -2.03. The molecule has 0 atom stereocenters. The molecule has 2 heteroatoms. The Kier molecular flexibility index (Phi) is 2.95. The fraction of sp³-hybridized carbons (Fsp3) is 0.0714. The number of carbonyl (C=O) groups excluding carboxylic acids is 1. The van der Waals surface area contributed by atoms with E-state index in [-0.39, 0.29) is 0 Å². The fourth-order valence-electron chi connectivity index (χ4n) is 1.79. The average Bonchev–Trinajstić information content (AvgIpc) is 2.31. The lowest BCUT2D eigenvalue weighted by atomic mass is 10.0. The molecule has 0 spiro atoms. The van der Waals surface area contributed by atoms with Crippen LogP contribution >= 0.6 is 0 Å². The molecule has 16 heavy (non-hydrogen) atoms. The van der Waals surface area contributed by atoms with Gasteiger partial charge < -0.3 is 0 Å². The predicted octanol–water partition coefficient (Wildman–Crippen LogP) is 3.84. The molecule has 2 rings (SSSR count). The van der Waals surface area contributed by atoms with Crippen LogP contribution < -0.4 is 0 Å². The van der Waals surface area contributed by atoms with Gasteiger partial charge in [0, 0.05) is 5.39 Å². The molecule has 0 radical (unpaired) electrons. The summed E-state index contributed by atoms with van der Waals surface area (Å²) in [6.07, 6.45) is 5.61. The summed E-state index contributed by atoms with van der Waals surface area (Å²) >= 11 is 0. The molecule has 2 aromatic carbocycles. The van der Waals surface area contributed by atoms with E-state index in [0.29, 0.717) is 5.69 Å². The molecule has 0 fully saturated rings. The van der Waals surface area contributed by atoms with Crippen LogP contribution in [0.3, 0.4) is 0 Å². The number of hydrogen-bond acceptors (Lipinski definition) is 2. The fourth-order valence-corrected chi connectivity index (χ4v) is 1.79. The number of nitrogens with zero attached hydrogens (tertiary/aromatic N) is 1. The first-order chi connectivity index (χ1) is 7.86. The molecule has 0 saturated heterocycles. The van der Waals surface area contributed by atoms with Crippen molar-refractivity contribution in [2.45, 2.75) is 6.92 Å². The van der Waals surface area contributed by atoms with Gasteiger partial charge in [-0.3, -0.25) is 0 Å². The van der Waals surface area contributed by atoms with Crippen molar-refractivity contribution in [3.8, 4) is 0 Å². The van der Waals surface area contributed by atoms with Gasteiger partial charge in [-0.1, -0.05) is 42.5 Å². The Morgan fingerprint density at radius 1 is 1.12 bits per heavy atom. The molecule has 0 heterocycles. The summed E-state index contributed by atoms with van der Waals surface area (Å²) in [5.74, 6) is 0. The number of hydrogen-bond donors (Lipinski definition) is 0. The Bertz CT molecular complexity index is 593. The Morgan fingerprint density at radius 3 is 2.62 bits per heavy atom. The first-order valence-corrected chi connectivity index (χ1v) is 5.09. The minimum absolute atomic E-state index is 0.666. The van der Waals surface area contributed by atoms with Crippen molar-refractivity contribution in [2.75, 3.05) is 0 Å². The van der Waals surface area contributed by atoms with Crippen LogP contribution in [-0.2, 0) is 4.79 Å². The highest BCUT2D eigenvalue weighted by molar-refractivity contribution is 5.98. The molecule has 0 unspecified atom stereocenters. The summed E-state index contributed by atoms with van der Waals surface area (Å²) in [6, 6.07) is 11.7. The van der Waals surface area contributed by atoms with E-state index in [1.54, 1.807) is 6.08 Å². The maximum Gasteiger partial charge on any atom is 0.240 e. The molecule has 2 aromatic rings. The number of rotatable bonds is 2. The summed E-state index contributed by atoms with van der Waals surface area (Å²) in [7, 11) is 0. The number of aliphatic imine (C=N–C) groups is 1. The third-order valence-corrected chi connectivity index (χ3v) is 2.45. The van der Waals surface area contributed by atoms with Gasteiger partial charge in [-0.25, -0.2) is 4.79 Å². The van der Waals surface area contributed by atoms with Crippen molar-refractivity contribution in [3.63, 3.8) is 0 Å². The molecule has 0 bridgehead atoms. The lowest BCUT2D eigenvalue weighted by Crippen LogP contribution is -1.78. The predicted molar refractivity (Wildman–Crippen MR) is 66.4 cm³/mol. The quantitative estimate of drug-likeness (QED) is 0.545. The van der Waals surface area contributed by atoms with Crippen LogP contribution in [0.5, 0.6) is 0 Å². The van der Waals surface area contributed by atoms with Crippen LogP contribution in [0.1, 0.15) is 12.5 Å². The van der Waals surface area contributed by atoms with Gasteiger partial charge in [-0.2, -0.15) is 4.99 Å². The van der Waals surface area contributed by atoms with E-state index in [1.165, 1.54) is 0 Å². The van der Waals surface area contributed by atoms with Gasteiger partial charge in [0.15, 0.2) is 0 Å². The van der Waals surface area contributed by atoms with Gasteiger partial charge >= 0.3 is 0 Å². The Hall–Kier alpha value is -2.18. The highest BCUT2D eigenvalue weighted by Gasteiger charge is 2.01. The molecule has 0 aliphatic carbocycles. The number of isocyanates is 1. The van der Waals surface area contributed by atoms with Gasteiger partial charge in [0.1, 0.15) is 0 Å². The first-order valence-electron chi connectivity index (χ1n) is 5.09. The van der Waals surface area contributed by atoms with E-state index in [1.807, 2.05) is 55.5 Å². The van der Waals surface area contributed by atoms with Crippen LogP contribution in [0, 0.1) is 0 Å². The van der Waals surface area contributed by atoms with E-state index < -0.39 is 0 Å². The highest BCUT2D eigenvalue weighted by Crippen LogP contribution is 2.28. The molecule has 0 N–H and O–H groups in total. The average molecular weight is 209 g/mol. The summed E-state index contributed by atoms with van der Waals surface area (Å²) in [5.41, 5.74) is 1.79. The number of benzene rings is 2. The largest absolute Gasteiger partial charge is 0.240 e. The molecule has 2 nitrogen and oxygen atoms in total. The highest BCUT2D eigenvalue weighted by atomic mass is 16.1. The molecule has 0 aromatic heterocycles. The van der Waals surface area contributed by atoms with Crippen LogP contribution in [-0.4, -0.2) is 6.08 Å². The third-order valence-electron chi connectivity index (χ3n) is 2.45. The zero-order valence-electron chi connectivity index (χ0n) is 8.97. The topological polar surface area (TPSA) is 29.4 Å². The molecule has 0 amide bonds. The molecule has 0 saturated carbocycles. The van der Waals surface area contributed by atoms with Gasteiger partial charge in [0.05, 0.1) is 5.69 Å². The van der Waals surface area contributed by atoms with E-state index in [2.05, 4.69) is 4.99 Å². The van der Waals surface area contributed by atoms with Crippen molar-refractivity contribution in [3.05, 3.63) is 48.0 Å².